The first-order chi connectivity index (χ1) is 23.2. The van der Waals surface area contributed by atoms with Gasteiger partial charge in [-0.1, -0.05) is 50.2 Å². The summed E-state index contributed by atoms with van der Waals surface area (Å²) in [7, 11) is -3.36. The molecular formula is C36H50N4O6S3. The third kappa shape index (κ3) is 10.1. The fourth-order valence-electron chi connectivity index (χ4n) is 6.80. The van der Waals surface area contributed by atoms with E-state index in [-0.39, 0.29) is 30.5 Å². The van der Waals surface area contributed by atoms with Gasteiger partial charge in [-0.25, -0.2) is 13.2 Å². The largest absolute Gasteiger partial charge is 0.445 e. The number of thiophene rings is 2. The van der Waals surface area contributed by atoms with Crippen molar-refractivity contribution in [3.63, 3.8) is 0 Å². The molecule has 5 atom stereocenters. The molecule has 2 fully saturated rings. The molecule has 0 unspecified atom stereocenters. The molecule has 2 aliphatic rings. The lowest BCUT2D eigenvalue weighted by Crippen LogP contribution is -2.63. The fraction of sp³-hybridized carbons (Fsp3) is 0.556. The van der Waals surface area contributed by atoms with Crippen LogP contribution in [0.3, 0.4) is 0 Å². The second-order valence-electron chi connectivity index (χ2n) is 14.5. The van der Waals surface area contributed by atoms with E-state index in [0.29, 0.717) is 26.1 Å². The maximum Gasteiger partial charge on any atom is 0.407 e. The minimum Gasteiger partial charge on any atom is -0.445 e. The van der Waals surface area contributed by atoms with Gasteiger partial charge < -0.3 is 20.5 Å². The molecule has 0 saturated carbocycles. The van der Waals surface area contributed by atoms with Gasteiger partial charge in [0, 0.05) is 52.9 Å². The smallest absolute Gasteiger partial charge is 0.407 e. The zero-order valence-electron chi connectivity index (χ0n) is 29.0. The molecule has 0 aliphatic carbocycles. The van der Waals surface area contributed by atoms with Crippen molar-refractivity contribution in [3.8, 4) is 9.75 Å². The minimum absolute atomic E-state index is 0.0177. The van der Waals surface area contributed by atoms with Crippen molar-refractivity contribution in [1.82, 2.24) is 20.4 Å². The van der Waals surface area contributed by atoms with Crippen LogP contribution in [0.25, 0.3) is 9.75 Å². The van der Waals surface area contributed by atoms with Crippen molar-refractivity contribution in [3.05, 3.63) is 70.4 Å². The van der Waals surface area contributed by atoms with Crippen LogP contribution in [0, 0.1) is 5.92 Å². The molecule has 2 aromatic heterocycles. The van der Waals surface area contributed by atoms with E-state index < -0.39 is 51.0 Å². The van der Waals surface area contributed by atoms with Crippen molar-refractivity contribution < 1.29 is 27.9 Å². The van der Waals surface area contributed by atoms with Crippen LogP contribution in [-0.4, -0.2) is 102 Å². The van der Waals surface area contributed by atoms with Gasteiger partial charge in [0.1, 0.15) is 17.4 Å². The Morgan fingerprint density at radius 2 is 1.80 bits per heavy atom. The Morgan fingerprint density at radius 1 is 1.04 bits per heavy atom. The Hall–Kier alpha value is -2.81. The molecule has 3 aromatic rings. The van der Waals surface area contributed by atoms with Gasteiger partial charge in [0.15, 0.2) is 9.84 Å². The number of hydrogen-bond donors (Lipinski definition) is 3. The maximum atomic E-state index is 13.7. The lowest BCUT2D eigenvalue weighted by Gasteiger charge is -2.42. The molecule has 2 amide bonds. The van der Waals surface area contributed by atoms with Crippen molar-refractivity contribution in [2.24, 2.45) is 5.92 Å². The van der Waals surface area contributed by atoms with Gasteiger partial charge in [-0.15, -0.1) is 22.7 Å². The first-order valence-electron chi connectivity index (χ1n) is 17.0. The number of piperazine rings is 1. The minimum atomic E-state index is -3.36. The molecule has 3 N–H and O–H groups in total. The first-order valence-corrected chi connectivity index (χ1v) is 20.4. The lowest BCUT2D eigenvalue weighted by atomic mass is 9.99. The van der Waals surface area contributed by atoms with E-state index in [1.165, 1.54) is 14.6 Å². The highest BCUT2D eigenvalue weighted by Crippen LogP contribution is 2.33. The molecule has 1 aromatic carbocycles. The Kier molecular flexibility index (Phi) is 12.3. The summed E-state index contributed by atoms with van der Waals surface area (Å²) in [5, 5.41) is 19.1. The molecular weight excluding hydrogens is 681 g/mol. The zero-order valence-corrected chi connectivity index (χ0v) is 31.5. The fourth-order valence-corrected chi connectivity index (χ4v) is 11.0. The van der Waals surface area contributed by atoms with E-state index >= 15 is 0 Å². The normalized spacial score (nSPS) is 22.9. The topological polar surface area (TPSA) is 128 Å². The molecule has 0 spiro atoms. The zero-order chi connectivity index (χ0) is 35.3. The number of amides is 2. The number of rotatable bonds is 12. The van der Waals surface area contributed by atoms with Crippen molar-refractivity contribution in [2.45, 2.75) is 89.1 Å². The third-order valence-electron chi connectivity index (χ3n) is 9.05. The number of nitrogens with one attached hydrogen (secondary N) is 2. The van der Waals surface area contributed by atoms with Gasteiger partial charge >= 0.3 is 6.09 Å². The van der Waals surface area contributed by atoms with Gasteiger partial charge in [0.2, 0.25) is 5.91 Å². The molecule has 49 heavy (non-hydrogen) atoms. The van der Waals surface area contributed by atoms with Gasteiger partial charge in [-0.2, -0.15) is 0 Å². The highest BCUT2D eigenvalue weighted by Gasteiger charge is 2.45. The number of ether oxygens (including phenoxy) is 1. The van der Waals surface area contributed by atoms with Crippen LogP contribution >= 0.6 is 22.7 Å². The summed E-state index contributed by atoms with van der Waals surface area (Å²) in [6.45, 7) is 12.1. The molecule has 10 nitrogen and oxygen atoms in total. The number of hydrogen-bond acceptors (Lipinski definition) is 10. The average Bonchev–Trinajstić information content (AvgIpc) is 3.78. The Balaban J connectivity index is 1.29. The van der Waals surface area contributed by atoms with Crippen molar-refractivity contribution >= 4 is 44.5 Å². The number of sulfone groups is 1. The number of alkyl carbamates (subject to hydrolysis) is 1. The van der Waals surface area contributed by atoms with Gasteiger partial charge in [0.25, 0.3) is 0 Å². The monoisotopic (exact) mass is 730 g/mol. The van der Waals surface area contributed by atoms with Gasteiger partial charge in [0.05, 0.1) is 17.9 Å². The average molecular weight is 731 g/mol. The first kappa shape index (κ1) is 37.4. The number of β-amino-alcohol motifs (C(OH)–C–C–N with tert-alkyl or cyclic N) is 1. The van der Waals surface area contributed by atoms with Crippen LogP contribution in [0.2, 0.25) is 0 Å². The lowest BCUT2D eigenvalue weighted by molar-refractivity contribution is -0.131. The summed E-state index contributed by atoms with van der Waals surface area (Å²) in [4.78, 5) is 35.0. The molecule has 4 heterocycles. The Morgan fingerprint density at radius 3 is 2.47 bits per heavy atom. The molecule has 268 valence electrons. The van der Waals surface area contributed by atoms with Gasteiger partial charge in [-0.05, 0) is 68.7 Å². The second-order valence-corrected chi connectivity index (χ2v) is 18.9. The van der Waals surface area contributed by atoms with E-state index in [2.05, 4.69) is 45.2 Å². The quantitative estimate of drug-likeness (QED) is 0.243. The van der Waals surface area contributed by atoms with Crippen LogP contribution < -0.4 is 10.6 Å². The third-order valence-corrected chi connectivity index (χ3v) is 13.7. The molecule has 13 heteroatoms. The molecule has 2 saturated heterocycles. The predicted octanol–water partition coefficient (Wildman–Crippen LogP) is 4.79. The number of benzene rings is 1. The number of aliphatic hydroxyl groups excluding tert-OH is 1. The van der Waals surface area contributed by atoms with E-state index in [0.717, 1.165) is 12.1 Å². The standard InChI is InChI=1S/C36H50N4O6S3/c1-24(2)33-30(15-19-49(33,44)45)46-35(43)37-27(20-25-10-7-6-8-11-25)29(41)23-40-17-16-39(22-28(40)34(42)38-36(3,4)5)21-26-13-14-32(48-26)31-12-9-18-47-31/h6-14,18,24,27-30,33,41H,15-17,19-23H2,1-5H3,(H,37,43)(H,38,42)/t27-,28-,29+,30+,33+/m0/s1. The Labute approximate surface area is 298 Å². The van der Waals surface area contributed by atoms with Crippen LogP contribution in [0.1, 0.15) is 51.5 Å². The van der Waals surface area contributed by atoms with Crippen molar-refractivity contribution in [2.75, 3.05) is 31.9 Å². The highest BCUT2D eigenvalue weighted by atomic mass is 32.2. The van der Waals surface area contributed by atoms with E-state index in [1.807, 2.05) is 69.9 Å². The van der Waals surface area contributed by atoms with Crippen LogP contribution in [0.15, 0.2) is 60.0 Å². The number of aliphatic hydroxyl groups is 1. The number of carbonyl (C=O) groups excluding carboxylic acids is 2. The summed E-state index contributed by atoms with van der Waals surface area (Å²) >= 11 is 3.49. The van der Waals surface area contributed by atoms with E-state index in [9.17, 15) is 23.1 Å². The predicted molar refractivity (Wildman–Crippen MR) is 197 cm³/mol. The van der Waals surface area contributed by atoms with Crippen LogP contribution in [0.5, 0.6) is 0 Å². The van der Waals surface area contributed by atoms with Gasteiger partial charge in [-0.3, -0.25) is 14.6 Å². The van der Waals surface area contributed by atoms with E-state index in [1.54, 1.807) is 22.7 Å². The summed E-state index contributed by atoms with van der Waals surface area (Å²) in [6, 6.07) is 16.8. The van der Waals surface area contributed by atoms with Crippen LogP contribution in [0.4, 0.5) is 4.79 Å². The molecule has 5 rings (SSSR count). The highest BCUT2D eigenvalue weighted by molar-refractivity contribution is 7.92. The second kappa shape index (κ2) is 16.0. The molecule has 0 radical (unpaired) electrons. The summed E-state index contributed by atoms with van der Waals surface area (Å²) < 4.78 is 31.0. The molecule has 2 aliphatic heterocycles. The summed E-state index contributed by atoms with van der Waals surface area (Å²) in [5.74, 6) is -0.325. The summed E-state index contributed by atoms with van der Waals surface area (Å²) in [5.41, 5.74) is 0.482. The molecule has 0 bridgehead atoms. The SMILES string of the molecule is CC(C)[C@@H]1[C@H](OC(=O)N[C@@H](Cc2ccccc2)[C@H](O)CN2CCN(Cc3ccc(-c4cccs4)s3)C[C@H]2C(=O)NC(C)(C)C)CCS1(=O)=O. The Bertz CT molecular complexity index is 1640. The van der Waals surface area contributed by atoms with E-state index in [4.69, 9.17) is 4.74 Å². The van der Waals surface area contributed by atoms with Crippen molar-refractivity contribution in [1.29, 1.82) is 0 Å². The number of carbonyl (C=O) groups is 2. The summed E-state index contributed by atoms with van der Waals surface area (Å²) in [6.07, 6.45) is -1.96. The number of nitrogens with zero attached hydrogens (tertiary/aromatic N) is 2. The van der Waals surface area contributed by atoms with Crippen LogP contribution in [-0.2, 0) is 32.3 Å². The maximum absolute atomic E-state index is 13.7.